The summed E-state index contributed by atoms with van der Waals surface area (Å²) in [6.07, 6.45) is 3.50. The molecule has 1 rings (SSSR count). The molecular weight excluding hydrogens is 166 g/mol. The molecular formula is C4H8N4P2. The van der Waals surface area contributed by atoms with Crippen molar-refractivity contribution < 1.29 is 0 Å². The fraction of sp³-hybridized carbons (Fsp3) is 0. The van der Waals surface area contributed by atoms with Crippen LogP contribution >= 0.6 is 18.8 Å². The molecule has 54 valence electrons. The molecule has 0 saturated heterocycles. The largest absolute Gasteiger partial charge is 0.339 e. The first-order valence-corrected chi connectivity index (χ1v) is 3.72. The van der Waals surface area contributed by atoms with Crippen LogP contribution in [0.1, 0.15) is 0 Å². The summed E-state index contributed by atoms with van der Waals surface area (Å²) >= 11 is 0. The average molecular weight is 174 g/mol. The molecule has 0 radical (unpaired) electrons. The van der Waals surface area contributed by atoms with Gasteiger partial charge in [-0.25, -0.2) is 9.44 Å². The van der Waals surface area contributed by atoms with Gasteiger partial charge in [0.25, 0.3) is 0 Å². The minimum absolute atomic E-state index is 0.667. The highest BCUT2D eigenvalue weighted by Crippen LogP contribution is 1.90. The maximum Gasteiger partial charge on any atom is 0.225 e. The van der Waals surface area contributed by atoms with Crippen molar-refractivity contribution in [2.24, 2.45) is 4.76 Å². The van der Waals surface area contributed by atoms with Crippen LogP contribution in [0, 0.1) is 0 Å². The first-order chi connectivity index (χ1) is 4.88. The van der Waals surface area contributed by atoms with Crippen LogP contribution in [0.25, 0.3) is 0 Å². The zero-order valence-electron chi connectivity index (χ0n) is 5.23. The summed E-state index contributed by atoms with van der Waals surface area (Å²) in [5.74, 6) is 0.667. The summed E-state index contributed by atoms with van der Waals surface area (Å²) < 4.78 is 5.48. The maximum absolute atomic E-state index is 3.95. The van der Waals surface area contributed by atoms with Crippen molar-refractivity contribution in [1.82, 2.24) is 14.9 Å². The monoisotopic (exact) mass is 174 g/mol. The van der Waals surface area contributed by atoms with Crippen LogP contribution in [0.4, 0.5) is 0 Å². The Morgan fingerprint density at radius 2 is 2.50 bits per heavy atom. The Kier molecular flexibility index (Phi) is 2.79. The molecule has 0 fully saturated rings. The van der Waals surface area contributed by atoms with Crippen molar-refractivity contribution in [3.8, 4) is 0 Å². The van der Waals surface area contributed by atoms with Gasteiger partial charge in [0.15, 0.2) is 0 Å². The summed E-state index contributed by atoms with van der Waals surface area (Å²) in [6.45, 7) is 0. The number of hydrogen-bond acceptors (Lipinski definition) is 2. The van der Waals surface area contributed by atoms with Gasteiger partial charge in [-0.15, -0.1) is 0 Å². The number of rotatable bonds is 0. The lowest BCUT2D eigenvalue weighted by Gasteiger charge is -2.01. The summed E-state index contributed by atoms with van der Waals surface area (Å²) in [6, 6.07) is 1.83. The van der Waals surface area contributed by atoms with Gasteiger partial charge in [-0.05, 0) is 24.8 Å². The molecule has 10 heavy (non-hydrogen) atoms. The van der Waals surface area contributed by atoms with E-state index in [1.54, 1.807) is 17.1 Å². The van der Waals surface area contributed by atoms with E-state index in [-0.39, 0.29) is 0 Å². The molecule has 0 saturated carbocycles. The van der Waals surface area contributed by atoms with Crippen molar-refractivity contribution in [2.45, 2.75) is 0 Å². The molecule has 1 heterocycles. The van der Waals surface area contributed by atoms with Gasteiger partial charge in [0.2, 0.25) is 5.96 Å². The normalized spacial score (nSPS) is 11.6. The zero-order chi connectivity index (χ0) is 7.40. The third-order valence-electron chi connectivity index (χ3n) is 0.973. The fourth-order valence-corrected chi connectivity index (χ4v) is 1.11. The SMILES string of the molecule is PN=C(NP)n1cccn1. The average Bonchev–Trinajstić information content (AvgIpc) is 2.43. The third-order valence-corrected chi connectivity index (χ3v) is 1.48. The van der Waals surface area contributed by atoms with Gasteiger partial charge >= 0.3 is 0 Å². The van der Waals surface area contributed by atoms with Gasteiger partial charge in [-0.1, -0.05) is 0 Å². The fourth-order valence-electron chi connectivity index (χ4n) is 0.557. The first-order valence-electron chi connectivity index (χ1n) is 2.63. The second-order valence-electron chi connectivity index (χ2n) is 1.55. The minimum Gasteiger partial charge on any atom is -0.339 e. The van der Waals surface area contributed by atoms with E-state index in [1.165, 1.54) is 0 Å². The Labute approximate surface area is 63.6 Å². The number of nitrogens with one attached hydrogen (secondary N) is 1. The predicted molar refractivity (Wildman–Crippen MR) is 47.6 cm³/mol. The molecule has 0 aliphatic heterocycles. The van der Waals surface area contributed by atoms with Crippen molar-refractivity contribution in [2.75, 3.05) is 0 Å². The van der Waals surface area contributed by atoms with Crippen molar-refractivity contribution in [1.29, 1.82) is 0 Å². The van der Waals surface area contributed by atoms with Crippen molar-refractivity contribution in [3.05, 3.63) is 18.5 Å². The smallest absolute Gasteiger partial charge is 0.225 e. The van der Waals surface area contributed by atoms with Crippen molar-refractivity contribution in [3.63, 3.8) is 0 Å². The van der Waals surface area contributed by atoms with Gasteiger partial charge in [0.05, 0.1) is 0 Å². The lowest BCUT2D eigenvalue weighted by atomic mass is 10.7. The zero-order valence-corrected chi connectivity index (χ0v) is 7.54. The molecule has 1 aromatic heterocycles. The number of hydrogen-bond donors (Lipinski definition) is 1. The highest BCUT2D eigenvalue weighted by atomic mass is 31.0. The Morgan fingerprint density at radius 1 is 1.70 bits per heavy atom. The van der Waals surface area contributed by atoms with Crippen LogP contribution in [0.5, 0.6) is 0 Å². The van der Waals surface area contributed by atoms with E-state index in [1.807, 2.05) is 6.07 Å². The van der Waals surface area contributed by atoms with E-state index in [2.05, 4.69) is 33.7 Å². The Bertz CT molecular complexity index is 217. The van der Waals surface area contributed by atoms with Crippen molar-refractivity contribution >= 4 is 24.7 Å². The highest BCUT2D eigenvalue weighted by molar-refractivity contribution is 7.17. The van der Waals surface area contributed by atoms with Crippen LogP contribution < -0.4 is 5.09 Å². The van der Waals surface area contributed by atoms with E-state index < -0.39 is 0 Å². The second-order valence-corrected chi connectivity index (χ2v) is 2.09. The van der Waals surface area contributed by atoms with Crippen LogP contribution in [-0.2, 0) is 0 Å². The quantitative estimate of drug-likeness (QED) is 0.348. The van der Waals surface area contributed by atoms with E-state index in [0.29, 0.717) is 5.96 Å². The van der Waals surface area contributed by atoms with Crippen LogP contribution in [-0.4, -0.2) is 15.7 Å². The molecule has 0 amide bonds. The van der Waals surface area contributed by atoms with Gasteiger partial charge in [-0.2, -0.15) is 5.10 Å². The molecule has 0 aliphatic rings. The van der Waals surface area contributed by atoms with Crippen LogP contribution in [0.2, 0.25) is 0 Å². The lowest BCUT2D eigenvalue weighted by Crippen LogP contribution is -2.21. The van der Waals surface area contributed by atoms with Crippen LogP contribution in [0.3, 0.4) is 0 Å². The first kappa shape index (κ1) is 7.64. The summed E-state index contributed by atoms with van der Waals surface area (Å²) in [7, 11) is 4.61. The molecule has 1 aromatic rings. The van der Waals surface area contributed by atoms with E-state index >= 15 is 0 Å². The summed E-state index contributed by atoms with van der Waals surface area (Å²) in [5, 5.41) is 6.76. The predicted octanol–water partition coefficient (Wildman–Crippen LogP) is 0.257. The molecule has 1 N–H and O–H groups in total. The molecule has 0 bridgehead atoms. The topological polar surface area (TPSA) is 42.2 Å². The molecule has 2 unspecified atom stereocenters. The molecule has 0 spiro atoms. The molecule has 0 aliphatic carbocycles. The van der Waals surface area contributed by atoms with E-state index in [9.17, 15) is 0 Å². The number of nitrogens with zero attached hydrogens (tertiary/aromatic N) is 3. The highest BCUT2D eigenvalue weighted by Gasteiger charge is 1.94. The van der Waals surface area contributed by atoms with Gasteiger partial charge < -0.3 is 5.09 Å². The van der Waals surface area contributed by atoms with Crippen LogP contribution in [0.15, 0.2) is 23.2 Å². The molecule has 0 aromatic carbocycles. The van der Waals surface area contributed by atoms with Gasteiger partial charge in [-0.3, -0.25) is 0 Å². The van der Waals surface area contributed by atoms with E-state index in [4.69, 9.17) is 0 Å². The van der Waals surface area contributed by atoms with Gasteiger partial charge in [0, 0.05) is 12.4 Å². The second kappa shape index (κ2) is 3.65. The molecule has 6 heteroatoms. The Balaban J connectivity index is 2.85. The van der Waals surface area contributed by atoms with E-state index in [0.717, 1.165) is 0 Å². The number of aromatic nitrogens is 2. The Hall–Kier alpha value is -0.460. The Morgan fingerprint density at radius 3 is 2.90 bits per heavy atom. The minimum atomic E-state index is 0.667. The standard InChI is InChI=1S/C4H8N4P2/c9-6-4(7-10)8-3-1-2-5-8/h1-3H,9-10H2,(H,6,7). The molecule has 4 nitrogen and oxygen atoms in total. The third kappa shape index (κ3) is 1.53. The van der Waals surface area contributed by atoms with Gasteiger partial charge in [0.1, 0.15) is 0 Å². The summed E-state index contributed by atoms with van der Waals surface area (Å²) in [4.78, 5) is 0. The maximum atomic E-state index is 3.95. The molecule has 2 atom stereocenters. The summed E-state index contributed by atoms with van der Waals surface area (Å²) in [5.41, 5.74) is 0. The lowest BCUT2D eigenvalue weighted by molar-refractivity contribution is 0.914.